The maximum atomic E-state index is 9.69. The fourth-order valence-corrected chi connectivity index (χ4v) is 3.36. The highest BCUT2D eigenvalue weighted by atomic mass is 16.5. The van der Waals surface area contributed by atoms with E-state index in [1.807, 2.05) is 31.2 Å². The van der Waals surface area contributed by atoms with Gasteiger partial charge in [-0.1, -0.05) is 6.07 Å². The van der Waals surface area contributed by atoms with Crippen LogP contribution in [0.15, 0.2) is 42.7 Å². The van der Waals surface area contributed by atoms with Crippen LogP contribution < -0.4 is 4.90 Å². The number of hydrogen-bond acceptors (Lipinski definition) is 5. The number of aromatic nitrogens is 3. The number of H-pyrrole nitrogens is 1. The highest BCUT2D eigenvalue weighted by Gasteiger charge is 2.19. The zero-order valence-corrected chi connectivity index (χ0v) is 14.6. The Kier molecular flexibility index (Phi) is 4.38. The minimum Gasteiger partial charge on any atom is -0.378 e. The summed E-state index contributed by atoms with van der Waals surface area (Å²) in [6.45, 7) is 5.00. The standard InChI is InChI=1S/C20H19N5O/c1-14-19(20(24-23-14)15-4-6-22-7-5-15)16-2-3-18(17(12-16)13-21)25-8-10-26-11-9-25/h2-7,12H,8-11H2,1H3,(H,23,24). The van der Waals surface area contributed by atoms with E-state index in [0.717, 1.165) is 46.9 Å². The fourth-order valence-electron chi connectivity index (χ4n) is 3.36. The number of rotatable bonds is 3. The monoisotopic (exact) mass is 345 g/mol. The normalized spacial score (nSPS) is 14.2. The second-order valence-corrected chi connectivity index (χ2v) is 6.25. The maximum Gasteiger partial charge on any atom is 0.101 e. The van der Waals surface area contributed by atoms with Gasteiger partial charge in [-0.25, -0.2) is 0 Å². The number of pyridine rings is 1. The van der Waals surface area contributed by atoms with Crippen molar-refractivity contribution in [3.63, 3.8) is 0 Å². The average molecular weight is 345 g/mol. The zero-order chi connectivity index (χ0) is 17.9. The van der Waals surface area contributed by atoms with Crippen molar-refractivity contribution in [2.45, 2.75) is 6.92 Å². The largest absolute Gasteiger partial charge is 0.378 e. The summed E-state index contributed by atoms with van der Waals surface area (Å²) in [5, 5.41) is 17.2. The van der Waals surface area contributed by atoms with Crippen molar-refractivity contribution in [2.24, 2.45) is 0 Å². The lowest BCUT2D eigenvalue weighted by atomic mass is 9.97. The lowest BCUT2D eigenvalue weighted by molar-refractivity contribution is 0.122. The highest BCUT2D eigenvalue weighted by molar-refractivity contribution is 5.84. The van der Waals surface area contributed by atoms with Gasteiger partial charge in [0.25, 0.3) is 0 Å². The quantitative estimate of drug-likeness (QED) is 0.789. The molecule has 1 fully saturated rings. The van der Waals surface area contributed by atoms with Crippen LogP contribution >= 0.6 is 0 Å². The van der Waals surface area contributed by atoms with Crippen LogP contribution in [0.3, 0.4) is 0 Å². The summed E-state index contributed by atoms with van der Waals surface area (Å²) in [5.41, 5.74) is 6.47. The predicted octanol–water partition coefficient (Wildman–Crippen LogP) is 3.16. The molecule has 0 spiro atoms. The third-order valence-electron chi connectivity index (χ3n) is 4.66. The molecule has 1 aliphatic rings. The van der Waals surface area contributed by atoms with Gasteiger partial charge in [-0.15, -0.1) is 0 Å². The van der Waals surface area contributed by atoms with Crippen molar-refractivity contribution >= 4 is 5.69 Å². The third kappa shape index (κ3) is 2.93. The van der Waals surface area contributed by atoms with Crippen molar-refractivity contribution < 1.29 is 4.74 Å². The summed E-state index contributed by atoms with van der Waals surface area (Å²) < 4.78 is 5.42. The van der Waals surface area contributed by atoms with Gasteiger partial charge < -0.3 is 9.64 Å². The van der Waals surface area contributed by atoms with Gasteiger partial charge >= 0.3 is 0 Å². The topological polar surface area (TPSA) is 77.8 Å². The van der Waals surface area contributed by atoms with Gasteiger partial charge in [0.2, 0.25) is 0 Å². The van der Waals surface area contributed by atoms with Gasteiger partial charge in [0.05, 0.1) is 24.5 Å². The summed E-state index contributed by atoms with van der Waals surface area (Å²) in [7, 11) is 0. The summed E-state index contributed by atoms with van der Waals surface area (Å²) >= 11 is 0. The number of morpholine rings is 1. The van der Waals surface area contributed by atoms with Crippen LogP contribution in [0.4, 0.5) is 5.69 Å². The maximum absolute atomic E-state index is 9.69. The molecule has 3 heterocycles. The van der Waals surface area contributed by atoms with Crippen molar-refractivity contribution in [2.75, 3.05) is 31.2 Å². The van der Waals surface area contributed by atoms with Gasteiger partial charge in [0.1, 0.15) is 11.8 Å². The lowest BCUT2D eigenvalue weighted by Crippen LogP contribution is -2.36. The third-order valence-corrected chi connectivity index (χ3v) is 4.66. The first-order valence-corrected chi connectivity index (χ1v) is 8.60. The number of hydrogen-bond donors (Lipinski definition) is 1. The van der Waals surface area contributed by atoms with Gasteiger partial charge in [0, 0.05) is 42.3 Å². The van der Waals surface area contributed by atoms with Crippen LogP contribution in [0, 0.1) is 18.3 Å². The zero-order valence-electron chi connectivity index (χ0n) is 14.6. The van der Waals surface area contributed by atoms with E-state index in [2.05, 4.69) is 32.2 Å². The summed E-state index contributed by atoms with van der Waals surface area (Å²) in [6, 6.07) is 12.3. The molecule has 6 nitrogen and oxygen atoms in total. The molecule has 1 N–H and O–H groups in total. The van der Waals surface area contributed by atoms with Crippen molar-refractivity contribution in [3.05, 3.63) is 54.0 Å². The van der Waals surface area contributed by atoms with Crippen LogP contribution in [0.1, 0.15) is 11.3 Å². The Balaban J connectivity index is 1.78. The van der Waals surface area contributed by atoms with Gasteiger partial charge in [-0.3, -0.25) is 10.1 Å². The SMILES string of the molecule is Cc1[nH]nc(-c2ccncc2)c1-c1ccc(N2CCOCC2)c(C#N)c1. The van der Waals surface area contributed by atoms with E-state index in [9.17, 15) is 5.26 Å². The second-order valence-electron chi connectivity index (χ2n) is 6.25. The molecule has 3 aromatic rings. The minimum atomic E-state index is 0.672. The van der Waals surface area contributed by atoms with E-state index >= 15 is 0 Å². The number of aromatic amines is 1. The number of nitrogens with one attached hydrogen (secondary N) is 1. The molecule has 4 rings (SSSR count). The van der Waals surface area contributed by atoms with Crippen LogP contribution in [-0.4, -0.2) is 41.5 Å². The Hall–Kier alpha value is -3.17. The van der Waals surface area contributed by atoms with E-state index < -0.39 is 0 Å². The highest BCUT2D eigenvalue weighted by Crippen LogP contribution is 2.35. The van der Waals surface area contributed by atoms with E-state index in [1.165, 1.54) is 0 Å². The molecule has 0 aliphatic carbocycles. The first kappa shape index (κ1) is 16.3. The van der Waals surface area contributed by atoms with Gasteiger partial charge in [0.15, 0.2) is 0 Å². The molecule has 6 heteroatoms. The molecule has 2 aromatic heterocycles. The molecular formula is C20H19N5O. The first-order chi connectivity index (χ1) is 12.8. The lowest BCUT2D eigenvalue weighted by Gasteiger charge is -2.29. The molecule has 1 aromatic carbocycles. The Labute approximate surface area is 152 Å². The Morgan fingerprint density at radius 2 is 1.88 bits per heavy atom. The Morgan fingerprint density at radius 3 is 2.62 bits per heavy atom. The fraction of sp³-hybridized carbons (Fsp3) is 0.250. The average Bonchev–Trinajstić information content (AvgIpc) is 3.10. The van der Waals surface area contributed by atoms with E-state index in [0.29, 0.717) is 18.8 Å². The first-order valence-electron chi connectivity index (χ1n) is 8.60. The summed E-state index contributed by atoms with van der Waals surface area (Å²) in [4.78, 5) is 6.28. The second kappa shape index (κ2) is 6.98. The Morgan fingerprint density at radius 1 is 1.12 bits per heavy atom. The number of aryl methyl sites for hydroxylation is 1. The molecule has 0 radical (unpaired) electrons. The number of nitrogens with zero attached hydrogens (tertiary/aromatic N) is 4. The number of ether oxygens (including phenoxy) is 1. The molecule has 0 bridgehead atoms. The van der Waals surface area contributed by atoms with Gasteiger partial charge in [-0.2, -0.15) is 10.4 Å². The molecule has 130 valence electrons. The number of anilines is 1. The van der Waals surface area contributed by atoms with E-state index in [4.69, 9.17) is 4.74 Å². The van der Waals surface area contributed by atoms with Crippen molar-refractivity contribution in [1.29, 1.82) is 5.26 Å². The molecule has 0 saturated carbocycles. The molecule has 0 unspecified atom stereocenters. The van der Waals surface area contributed by atoms with Crippen LogP contribution in [-0.2, 0) is 4.74 Å². The summed E-state index contributed by atoms with van der Waals surface area (Å²) in [6.07, 6.45) is 3.51. The van der Waals surface area contributed by atoms with E-state index in [1.54, 1.807) is 12.4 Å². The van der Waals surface area contributed by atoms with Crippen LogP contribution in [0.25, 0.3) is 22.4 Å². The van der Waals surface area contributed by atoms with Gasteiger partial charge in [-0.05, 0) is 36.8 Å². The molecule has 26 heavy (non-hydrogen) atoms. The molecule has 1 aliphatic heterocycles. The summed E-state index contributed by atoms with van der Waals surface area (Å²) in [5.74, 6) is 0. The molecule has 1 saturated heterocycles. The van der Waals surface area contributed by atoms with Crippen molar-refractivity contribution in [1.82, 2.24) is 15.2 Å². The van der Waals surface area contributed by atoms with E-state index in [-0.39, 0.29) is 0 Å². The molecule has 0 amide bonds. The number of nitriles is 1. The predicted molar refractivity (Wildman–Crippen MR) is 99.7 cm³/mol. The van der Waals surface area contributed by atoms with Crippen LogP contribution in [0.2, 0.25) is 0 Å². The molecule has 0 atom stereocenters. The molecular weight excluding hydrogens is 326 g/mol. The van der Waals surface area contributed by atoms with Crippen molar-refractivity contribution in [3.8, 4) is 28.5 Å². The smallest absolute Gasteiger partial charge is 0.101 e. The minimum absolute atomic E-state index is 0.672. The number of benzene rings is 1. The van der Waals surface area contributed by atoms with Crippen LogP contribution in [0.5, 0.6) is 0 Å². The Bertz CT molecular complexity index is 952.